The maximum Gasteiger partial charge on any atom is 0.278 e. The fraction of sp³-hybridized carbons (Fsp3) is 0.385. The average molecular weight is 419 g/mol. The van der Waals surface area contributed by atoms with E-state index in [1.54, 1.807) is 0 Å². The fourth-order valence-corrected chi connectivity index (χ4v) is 4.30. The Bertz CT molecular complexity index is 994. The lowest BCUT2D eigenvalue weighted by Gasteiger charge is -2.32. The minimum absolute atomic E-state index is 0.184. The molecule has 2 heterocycles. The summed E-state index contributed by atoms with van der Waals surface area (Å²) in [5, 5.41) is 0. The first kappa shape index (κ1) is 21.2. The molecule has 5 nitrogen and oxygen atoms in total. The monoisotopic (exact) mass is 418 g/mol. The normalized spacial score (nSPS) is 16.2. The third kappa shape index (κ3) is 4.09. The van der Waals surface area contributed by atoms with E-state index in [4.69, 9.17) is 4.74 Å². The molecule has 0 radical (unpaired) electrons. The number of benzene rings is 2. The number of unbranched alkanes of at least 4 members (excludes halogenated alkanes) is 1. The highest BCUT2D eigenvalue weighted by Gasteiger charge is 2.42. The molecule has 4 rings (SSSR count). The van der Waals surface area contributed by atoms with Crippen molar-refractivity contribution in [1.82, 2.24) is 4.90 Å². The lowest BCUT2D eigenvalue weighted by Crippen LogP contribution is -2.37. The van der Waals surface area contributed by atoms with E-state index in [0.717, 1.165) is 55.6 Å². The van der Waals surface area contributed by atoms with Crippen LogP contribution in [0, 0.1) is 0 Å². The van der Waals surface area contributed by atoms with Gasteiger partial charge in [-0.3, -0.25) is 14.5 Å². The van der Waals surface area contributed by atoms with Crippen LogP contribution in [0.25, 0.3) is 5.57 Å². The topological polar surface area (TPSA) is 49.9 Å². The molecule has 162 valence electrons. The first-order valence-electron chi connectivity index (χ1n) is 11.3. The molecule has 0 bridgehead atoms. The highest BCUT2D eigenvalue weighted by atomic mass is 16.5. The maximum absolute atomic E-state index is 13.5. The molecule has 0 spiro atoms. The number of ether oxygens (including phenoxy) is 1. The lowest BCUT2D eigenvalue weighted by molar-refractivity contribution is -0.136. The molecule has 0 saturated heterocycles. The Kier molecular flexibility index (Phi) is 6.40. The smallest absolute Gasteiger partial charge is 0.278 e. The molecule has 0 aliphatic carbocycles. The van der Waals surface area contributed by atoms with Crippen molar-refractivity contribution in [3.05, 3.63) is 65.4 Å². The number of anilines is 1. The van der Waals surface area contributed by atoms with E-state index >= 15 is 0 Å². The predicted molar refractivity (Wildman–Crippen MR) is 123 cm³/mol. The Balaban J connectivity index is 1.78. The van der Waals surface area contributed by atoms with E-state index in [0.29, 0.717) is 24.4 Å². The van der Waals surface area contributed by atoms with E-state index in [-0.39, 0.29) is 11.8 Å². The van der Waals surface area contributed by atoms with Gasteiger partial charge in [-0.15, -0.1) is 0 Å². The van der Waals surface area contributed by atoms with Crippen LogP contribution in [0.5, 0.6) is 5.75 Å². The first-order valence-corrected chi connectivity index (χ1v) is 11.3. The molecule has 2 aliphatic heterocycles. The molecule has 2 aliphatic rings. The summed E-state index contributed by atoms with van der Waals surface area (Å²) in [6, 6.07) is 15.7. The van der Waals surface area contributed by atoms with Gasteiger partial charge < -0.3 is 9.64 Å². The van der Waals surface area contributed by atoms with Gasteiger partial charge in [0.2, 0.25) is 0 Å². The van der Waals surface area contributed by atoms with Gasteiger partial charge >= 0.3 is 0 Å². The van der Waals surface area contributed by atoms with Gasteiger partial charge in [0.05, 0.1) is 12.2 Å². The van der Waals surface area contributed by atoms with Crippen LogP contribution in [0.2, 0.25) is 0 Å². The maximum atomic E-state index is 13.5. The van der Waals surface area contributed by atoms with Crippen LogP contribution >= 0.6 is 0 Å². The molecule has 0 unspecified atom stereocenters. The van der Waals surface area contributed by atoms with Crippen molar-refractivity contribution in [1.29, 1.82) is 0 Å². The minimum atomic E-state index is -0.196. The summed E-state index contributed by atoms with van der Waals surface area (Å²) in [7, 11) is 0. The number of nitrogens with zero attached hydrogens (tertiary/aromatic N) is 2. The first-order chi connectivity index (χ1) is 15.2. The lowest BCUT2D eigenvalue weighted by atomic mass is 9.98. The third-order valence-corrected chi connectivity index (χ3v) is 5.87. The summed E-state index contributed by atoms with van der Waals surface area (Å²) in [5.74, 6) is 0.394. The Morgan fingerprint density at radius 2 is 1.71 bits per heavy atom. The van der Waals surface area contributed by atoms with E-state index < -0.39 is 0 Å². The summed E-state index contributed by atoms with van der Waals surface area (Å²) in [5.41, 5.74) is 4.02. The zero-order valence-corrected chi connectivity index (χ0v) is 18.4. The number of aryl methyl sites for hydroxylation is 1. The predicted octanol–water partition coefficient (Wildman–Crippen LogP) is 4.81. The van der Waals surface area contributed by atoms with E-state index in [9.17, 15) is 9.59 Å². The van der Waals surface area contributed by atoms with Crippen LogP contribution in [0.1, 0.15) is 50.7 Å². The quantitative estimate of drug-likeness (QED) is 0.578. The van der Waals surface area contributed by atoms with Crippen molar-refractivity contribution >= 4 is 23.1 Å². The standard InChI is InChI=1S/C26H30N2O3/c1-3-5-16-28-25(29)23(20-12-14-21(15-13-20)31-18-4-2)24(26(28)30)27-17-8-10-19-9-6-7-11-22(19)27/h6-7,9,11-15H,3-5,8,10,16-18H2,1-2H3. The average Bonchev–Trinajstić information content (AvgIpc) is 3.05. The number of carbonyl (C=O) groups is 2. The molecule has 31 heavy (non-hydrogen) atoms. The second-order valence-corrected chi connectivity index (χ2v) is 8.10. The molecule has 0 saturated carbocycles. The van der Waals surface area contributed by atoms with Crippen LogP contribution in [-0.2, 0) is 16.0 Å². The van der Waals surface area contributed by atoms with Crippen molar-refractivity contribution in [3.8, 4) is 5.75 Å². The van der Waals surface area contributed by atoms with Crippen LogP contribution in [0.4, 0.5) is 5.69 Å². The molecular formula is C26H30N2O3. The summed E-state index contributed by atoms with van der Waals surface area (Å²) in [6.07, 6.45) is 4.61. The number of amides is 2. The molecule has 0 N–H and O–H groups in total. The summed E-state index contributed by atoms with van der Waals surface area (Å²) in [6.45, 7) is 5.97. The Labute approximate surface area is 184 Å². The van der Waals surface area contributed by atoms with E-state index in [1.807, 2.05) is 42.5 Å². The summed E-state index contributed by atoms with van der Waals surface area (Å²) >= 11 is 0. The number of hydrogen-bond donors (Lipinski definition) is 0. The Morgan fingerprint density at radius 1 is 0.935 bits per heavy atom. The Morgan fingerprint density at radius 3 is 2.45 bits per heavy atom. The SMILES string of the molecule is CCCCN1C(=O)C(c2ccc(OCCC)cc2)=C(N2CCCc3ccccc32)C1=O. The second kappa shape index (κ2) is 9.38. The van der Waals surface area contributed by atoms with Gasteiger partial charge in [-0.05, 0) is 55.0 Å². The van der Waals surface area contributed by atoms with Gasteiger partial charge in [0.25, 0.3) is 11.8 Å². The Hall–Kier alpha value is -3.08. The molecule has 5 heteroatoms. The van der Waals surface area contributed by atoms with Crippen molar-refractivity contribution in [2.24, 2.45) is 0 Å². The zero-order chi connectivity index (χ0) is 21.8. The van der Waals surface area contributed by atoms with E-state index in [2.05, 4.69) is 24.8 Å². The van der Waals surface area contributed by atoms with Gasteiger partial charge in [-0.1, -0.05) is 50.6 Å². The fourth-order valence-electron chi connectivity index (χ4n) is 4.30. The molecule has 2 aromatic rings. The largest absolute Gasteiger partial charge is 0.494 e. The number of fused-ring (bicyclic) bond motifs is 1. The third-order valence-electron chi connectivity index (χ3n) is 5.87. The summed E-state index contributed by atoms with van der Waals surface area (Å²) < 4.78 is 5.70. The van der Waals surface area contributed by atoms with Crippen LogP contribution in [-0.4, -0.2) is 36.4 Å². The van der Waals surface area contributed by atoms with Crippen molar-refractivity contribution in [3.63, 3.8) is 0 Å². The molecule has 0 fully saturated rings. The van der Waals surface area contributed by atoms with Crippen molar-refractivity contribution < 1.29 is 14.3 Å². The van der Waals surface area contributed by atoms with Crippen LogP contribution < -0.4 is 9.64 Å². The molecule has 2 aromatic carbocycles. The van der Waals surface area contributed by atoms with Gasteiger partial charge in [-0.2, -0.15) is 0 Å². The van der Waals surface area contributed by atoms with E-state index in [1.165, 1.54) is 10.5 Å². The summed E-state index contributed by atoms with van der Waals surface area (Å²) in [4.78, 5) is 30.4. The number of para-hydroxylation sites is 1. The highest BCUT2D eigenvalue weighted by molar-refractivity contribution is 6.36. The molecule has 0 aromatic heterocycles. The number of rotatable bonds is 8. The van der Waals surface area contributed by atoms with Crippen LogP contribution in [0.15, 0.2) is 54.2 Å². The molecule has 0 atom stereocenters. The zero-order valence-electron chi connectivity index (χ0n) is 18.4. The van der Waals surface area contributed by atoms with Crippen molar-refractivity contribution in [2.45, 2.75) is 46.0 Å². The minimum Gasteiger partial charge on any atom is -0.494 e. The van der Waals surface area contributed by atoms with Crippen molar-refractivity contribution in [2.75, 3.05) is 24.6 Å². The number of carbonyl (C=O) groups excluding carboxylic acids is 2. The molecular weight excluding hydrogens is 388 g/mol. The van der Waals surface area contributed by atoms with Gasteiger partial charge in [-0.25, -0.2) is 0 Å². The number of hydrogen-bond acceptors (Lipinski definition) is 4. The van der Waals surface area contributed by atoms with Gasteiger partial charge in [0.1, 0.15) is 11.4 Å². The van der Waals surface area contributed by atoms with Gasteiger partial charge in [0.15, 0.2) is 0 Å². The highest BCUT2D eigenvalue weighted by Crippen LogP contribution is 2.38. The molecule has 2 amide bonds. The van der Waals surface area contributed by atoms with Gasteiger partial charge in [0, 0.05) is 18.8 Å². The second-order valence-electron chi connectivity index (χ2n) is 8.10. The number of imide groups is 1. The van der Waals surface area contributed by atoms with Crippen LogP contribution in [0.3, 0.4) is 0 Å².